The van der Waals surface area contributed by atoms with Crippen molar-refractivity contribution in [3.63, 3.8) is 0 Å². The number of oxazole rings is 1. The fourth-order valence-corrected chi connectivity index (χ4v) is 3.74. The van der Waals surface area contributed by atoms with Gasteiger partial charge >= 0.3 is 0 Å². The van der Waals surface area contributed by atoms with Gasteiger partial charge < -0.3 is 18.6 Å². The summed E-state index contributed by atoms with van der Waals surface area (Å²) >= 11 is 5.93. The molecule has 4 heterocycles. The fourth-order valence-electron chi connectivity index (χ4n) is 3.60. The van der Waals surface area contributed by atoms with Crippen LogP contribution in [0.4, 0.5) is 6.01 Å². The molecule has 5 rings (SSSR count). The Bertz CT molecular complexity index is 1300. The number of aromatic nitrogens is 4. The lowest BCUT2D eigenvalue weighted by Crippen LogP contribution is -2.48. The molecule has 1 saturated heterocycles. The Labute approximate surface area is 195 Å². The summed E-state index contributed by atoms with van der Waals surface area (Å²) in [5.74, 6) is 1.00. The molecule has 0 radical (unpaired) electrons. The number of carbonyl (C=O) groups is 1. The molecule has 1 amide bonds. The Balaban J connectivity index is 1.23. The minimum absolute atomic E-state index is 0.0203. The SMILES string of the molecule is CC(C)(C)c1nnc(-c2ccc(C(=O)N3CCN(c4nc5nc(Cl)ccc5o4)CC3)cc2)o1. The topological polar surface area (TPSA) is 101 Å². The maximum atomic E-state index is 13.0. The van der Waals surface area contributed by atoms with Crippen LogP contribution in [0.1, 0.15) is 37.0 Å². The lowest BCUT2D eigenvalue weighted by molar-refractivity contribution is 0.0745. The minimum atomic E-state index is -0.218. The van der Waals surface area contributed by atoms with E-state index in [9.17, 15) is 4.79 Å². The number of nitrogens with zero attached hydrogens (tertiary/aromatic N) is 6. The van der Waals surface area contributed by atoms with Crippen LogP contribution >= 0.6 is 11.6 Å². The molecule has 1 fully saturated rings. The zero-order valence-electron chi connectivity index (χ0n) is 18.6. The van der Waals surface area contributed by atoms with E-state index in [2.05, 4.69) is 20.2 Å². The van der Waals surface area contributed by atoms with Gasteiger partial charge in [0, 0.05) is 42.7 Å². The Morgan fingerprint density at radius 3 is 2.33 bits per heavy atom. The van der Waals surface area contributed by atoms with Gasteiger partial charge in [0.15, 0.2) is 5.58 Å². The van der Waals surface area contributed by atoms with Crippen LogP contribution in [0.15, 0.2) is 45.2 Å². The Morgan fingerprint density at radius 1 is 0.939 bits per heavy atom. The Hall–Kier alpha value is -3.46. The molecule has 1 aromatic carbocycles. The van der Waals surface area contributed by atoms with Gasteiger partial charge in [-0.1, -0.05) is 32.4 Å². The maximum Gasteiger partial charge on any atom is 0.300 e. The largest absolute Gasteiger partial charge is 0.422 e. The lowest BCUT2D eigenvalue weighted by atomic mass is 9.97. The van der Waals surface area contributed by atoms with Gasteiger partial charge in [0.25, 0.3) is 11.9 Å². The molecule has 0 spiro atoms. The van der Waals surface area contributed by atoms with E-state index >= 15 is 0 Å². The normalized spacial score (nSPS) is 14.8. The van der Waals surface area contributed by atoms with Crippen LogP contribution < -0.4 is 4.90 Å². The van der Waals surface area contributed by atoms with Gasteiger partial charge in [0.05, 0.1) is 0 Å². The molecule has 4 aromatic rings. The van der Waals surface area contributed by atoms with E-state index < -0.39 is 0 Å². The second-order valence-electron chi connectivity index (χ2n) is 8.97. The third kappa shape index (κ3) is 4.28. The van der Waals surface area contributed by atoms with E-state index in [1.54, 1.807) is 24.3 Å². The van der Waals surface area contributed by atoms with Crippen molar-refractivity contribution in [2.24, 2.45) is 0 Å². The standard InChI is InChI=1S/C23H23ClN6O3/c1-23(2,3)21-28-27-19(33-21)14-4-6-15(7-5-14)20(31)29-10-12-30(13-11-29)22-26-18-16(32-22)8-9-17(24)25-18/h4-9H,10-13H2,1-3H3. The van der Waals surface area contributed by atoms with Gasteiger partial charge in [-0.15, -0.1) is 10.2 Å². The number of pyridine rings is 1. The van der Waals surface area contributed by atoms with E-state index in [1.807, 2.05) is 42.7 Å². The number of fused-ring (bicyclic) bond motifs is 1. The van der Waals surface area contributed by atoms with Gasteiger partial charge in [-0.05, 0) is 36.4 Å². The first-order valence-electron chi connectivity index (χ1n) is 10.7. The van der Waals surface area contributed by atoms with Crippen LogP contribution in [0.2, 0.25) is 5.15 Å². The number of benzene rings is 1. The van der Waals surface area contributed by atoms with Gasteiger partial charge in [-0.3, -0.25) is 4.79 Å². The zero-order chi connectivity index (χ0) is 23.2. The molecule has 0 aliphatic carbocycles. The third-order valence-electron chi connectivity index (χ3n) is 5.49. The van der Waals surface area contributed by atoms with Gasteiger partial charge in [0.1, 0.15) is 5.15 Å². The number of amides is 1. The van der Waals surface area contributed by atoms with Crippen LogP contribution in [-0.2, 0) is 5.41 Å². The highest BCUT2D eigenvalue weighted by molar-refractivity contribution is 6.29. The first kappa shape index (κ1) is 21.4. The van der Waals surface area contributed by atoms with Crippen molar-refractivity contribution in [3.8, 4) is 11.5 Å². The highest BCUT2D eigenvalue weighted by Crippen LogP contribution is 2.26. The van der Waals surface area contributed by atoms with Crippen LogP contribution in [0.3, 0.4) is 0 Å². The molecule has 3 aromatic heterocycles. The summed E-state index contributed by atoms with van der Waals surface area (Å²) in [6, 6.07) is 11.2. The number of piperazine rings is 1. The van der Waals surface area contributed by atoms with E-state index in [4.69, 9.17) is 20.4 Å². The van der Waals surface area contributed by atoms with Crippen LogP contribution in [0, 0.1) is 0 Å². The van der Waals surface area contributed by atoms with Gasteiger partial charge in [-0.2, -0.15) is 4.98 Å². The molecule has 9 nitrogen and oxygen atoms in total. The minimum Gasteiger partial charge on any atom is -0.422 e. The number of rotatable bonds is 3. The molecular weight excluding hydrogens is 444 g/mol. The summed E-state index contributed by atoms with van der Waals surface area (Å²) in [5, 5.41) is 8.63. The summed E-state index contributed by atoms with van der Waals surface area (Å²) in [6.07, 6.45) is 0. The highest BCUT2D eigenvalue weighted by atomic mass is 35.5. The van der Waals surface area contributed by atoms with Crippen molar-refractivity contribution in [1.29, 1.82) is 0 Å². The molecule has 10 heteroatoms. The van der Waals surface area contributed by atoms with E-state index in [0.717, 1.165) is 5.56 Å². The number of hydrogen-bond donors (Lipinski definition) is 0. The summed E-state index contributed by atoms with van der Waals surface area (Å²) in [6.45, 7) is 8.40. The Kier molecular flexibility index (Phi) is 5.28. The molecule has 0 N–H and O–H groups in total. The zero-order valence-corrected chi connectivity index (χ0v) is 19.3. The quantitative estimate of drug-likeness (QED) is 0.414. The van der Waals surface area contributed by atoms with Gasteiger partial charge in [0.2, 0.25) is 17.4 Å². The van der Waals surface area contributed by atoms with Crippen molar-refractivity contribution in [1.82, 2.24) is 25.1 Å². The number of hydrogen-bond acceptors (Lipinski definition) is 8. The Morgan fingerprint density at radius 2 is 1.67 bits per heavy atom. The summed E-state index contributed by atoms with van der Waals surface area (Å²) in [4.78, 5) is 25.4. The van der Waals surface area contributed by atoms with E-state index in [1.165, 1.54) is 0 Å². The number of halogens is 1. The lowest BCUT2D eigenvalue weighted by Gasteiger charge is -2.33. The average molecular weight is 467 g/mol. The van der Waals surface area contributed by atoms with Gasteiger partial charge in [-0.25, -0.2) is 4.98 Å². The average Bonchev–Trinajstić information content (AvgIpc) is 3.46. The summed E-state index contributed by atoms with van der Waals surface area (Å²) in [5.41, 5.74) is 2.24. The second kappa shape index (κ2) is 8.15. The third-order valence-corrected chi connectivity index (χ3v) is 5.70. The highest BCUT2D eigenvalue weighted by Gasteiger charge is 2.26. The fraction of sp³-hybridized carbons (Fsp3) is 0.348. The summed E-state index contributed by atoms with van der Waals surface area (Å²) < 4.78 is 11.6. The van der Waals surface area contributed by atoms with Crippen molar-refractivity contribution >= 4 is 34.8 Å². The molecule has 0 saturated carbocycles. The molecular formula is C23H23ClN6O3. The second-order valence-corrected chi connectivity index (χ2v) is 9.36. The van der Waals surface area contributed by atoms with E-state index in [0.29, 0.717) is 65.9 Å². The monoisotopic (exact) mass is 466 g/mol. The molecule has 33 heavy (non-hydrogen) atoms. The number of carbonyl (C=O) groups excluding carboxylic acids is 1. The molecule has 1 aliphatic heterocycles. The maximum absolute atomic E-state index is 13.0. The van der Waals surface area contributed by atoms with Crippen LogP contribution in [0.25, 0.3) is 22.7 Å². The number of anilines is 1. The van der Waals surface area contributed by atoms with Crippen molar-refractivity contribution in [2.75, 3.05) is 31.1 Å². The summed E-state index contributed by atoms with van der Waals surface area (Å²) in [7, 11) is 0. The molecule has 0 bridgehead atoms. The molecule has 0 atom stereocenters. The smallest absolute Gasteiger partial charge is 0.300 e. The van der Waals surface area contributed by atoms with Crippen molar-refractivity contribution in [2.45, 2.75) is 26.2 Å². The van der Waals surface area contributed by atoms with Crippen molar-refractivity contribution < 1.29 is 13.6 Å². The van der Waals surface area contributed by atoms with Crippen LogP contribution in [0.5, 0.6) is 0 Å². The van der Waals surface area contributed by atoms with E-state index in [-0.39, 0.29) is 11.3 Å². The van der Waals surface area contributed by atoms with Crippen molar-refractivity contribution in [3.05, 3.63) is 53.0 Å². The predicted molar refractivity (Wildman–Crippen MR) is 123 cm³/mol. The first-order chi connectivity index (χ1) is 15.8. The molecule has 170 valence electrons. The molecule has 1 aliphatic rings. The van der Waals surface area contributed by atoms with Crippen LogP contribution in [-0.4, -0.2) is 57.2 Å². The first-order valence-corrected chi connectivity index (χ1v) is 11.1. The predicted octanol–water partition coefficient (Wildman–Crippen LogP) is 4.19. The molecule has 0 unspecified atom stereocenters.